The lowest BCUT2D eigenvalue weighted by atomic mass is 10.0. The van der Waals surface area contributed by atoms with Gasteiger partial charge in [0.05, 0.1) is 13.2 Å². The highest BCUT2D eigenvalue weighted by Gasteiger charge is 2.26. The molecule has 1 fully saturated rings. The maximum Gasteiger partial charge on any atom is 0.232 e. The molecular weight excluding hydrogens is 412 g/mol. The Labute approximate surface area is 189 Å². The molecule has 31 heavy (non-hydrogen) atoms. The lowest BCUT2D eigenvalue weighted by Gasteiger charge is -2.22. The Hall–Kier alpha value is -2.76. The summed E-state index contributed by atoms with van der Waals surface area (Å²) in [4.78, 5) is 6.40. The van der Waals surface area contributed by atoms with E-state index in [0.29, 0.717) is 29.0 Å². The van der Waals surface area contributed by atoms with Gasteiger partial charge in [0, 0.05) is 30.4 Å². The van der Waals surface area contributed by atoms with Crippen molar-refractivity contribution >= 4 is 17.3 Å². The quantitative estimate of drug-likeness (QED) is 0.409. The molecule has 0 spiro atoms. The Kier molecular flexibility index (Phi) is 7.77. The molecule has 0 unspecified atom stereocenters. The fraction of sp³-hybridized carbons (Fsp3) is 0.320. The van der Waals surface area contributed by atoms with E-state index in [1.165, 1.54) is 0 Å². The second-order valence-corrected chi connectivity index (χ2v) is 8.11. The fourth-order valence-electron chi connectivity index (χ4n) is 3.69. The highest BCUT2D eigenvalue weighted by Crippen LogP contribution is 2.32. The summed E-state index contributed by atoms with van der Waals surface area (Å²) in [6.07, 6.45) is 5.97. The van der Waals surface area contributed by atoms with Gasteiger partial charge in [0.2, 0.25) is 5.88 Å². The molecule has 0 bridgehead atoms. The van der Waals surface area contributed by atoms with Crippen LogP contribution in [0.15, 0.2) is 73.2 Å². The molecule has 2 heterocycles. The molecule has 1 N–H and O–H groups in total. The molecule has 1 aromatic carbocycles. The lowest BCUT2D eigenvalue weighted by molar-refractivity contribution is 0.216. The maximum atomic E-state index is 9.99. The summed E-state index contributed by atoms with van der Waals surface area (Å²) < 4.78 is 12.0. The Balaban J connectivity index is 1.75. The average Bonchev–Trinajstić information content (AvgIpc) is 3.23. The number of hydrogen-bond acceptors (Lipinski definition) is 5. The zero-order valence-electron chi connectivity index (χ0n) is 18.1. The topological polar surface area (TPSA) is 54.8 Å². The van der Waals surface area contributed by atoms with Gasteiger partial charge in [-0.1, -0.05) is 44.7 Å². The van der Waals surface area contributed by atoms with Gasteiger partial charge in [-0.25, -0.2) is 4.98 Å². The Morgan fingerprint density at radius 2 is 2.13 bits per heavy atom. The number of nitrogens with zero attached hydrogens (tertiary/aromatic N) is 2. The molecule has 0 radical (unpaired) electrons. The largest absolute Gasteiger partial charge is 0.471 e. The predicted molar refractivity (Wildman–Crippen MR) is 126 cm³/mol. The summed E-state index contributed by atoms with van der Waals surface area (Å²) >= 11 is 6.16. The first-order valence-electron chi connectivity index (χ1n) is 10.4. The van der Waals surface area contributed by atoms with Crippen LogP contribution in [0.2, 0.25) is 5.02 Å². The minimum atomic E-state index is -0.0910. The smallest absolute Gasteiger partial charge is 0.232 e. The molecule has 1 atom stereocenters. The normalized spacial score (nSPS) is 16.8. The molecule has 1 aliphatic rings. The zero-order valence-corrected chi connectivity index (χ0v) is 18.8. The van der Waals surface area contributed by atoms with Crippen LogP contribution in [0.25, 0.3) is 0 Å². The molecule has 164 valence electrons. The van der Waals surface area contributed by atoms with Gasteiger partial charge < -0.3 is 19.5 Å². The summed E-state index contributed by atoms with van der Waals surface area (Å²) in [5.41, 5.74) is 2.74. The average molecular weight is 441 g/mol. The third-order valence-corrected chi connectivity index (χ3v) is 5.54. The molecule has 1 saturated heterocycles. The van der Waals surface area contributed by atoms with E-state index in [2.05, 4.69) is 36.9 Å². The molecule has 1 aromatic heterocycles. The number of anilines is 1. The first kappa shape index (κ1) is 22.9. The lowest BCUT2D eigenvalue weighted by Crippen LogP contribution is -2.25. The van der Waals surface area contributed by atoms with Crippen LogP contribution in [0.3, 0.4) is 0 Å². The Bertz CT molecular complexity index is 971. The van der Waals surface area contributed by atoms with Crippen molar-refractivity contribution in [1.82, 2.24) is 4.98 Å². The van der Waals surface area contributed by atoms with Crippen molar-refractivity contribution in [2.75, 3.05) is 18.0 Å². The number of benzene rings is 1. The predicted octanol–water partition coefficient (Wildman–Crippen LogP) is 5.55. The maximum absolute atomic E-state index is 9.99. The van der Waals surface area contributed by atoms with Gasteiger partial charge in [-0.2, -0.15) is 0 Å². The summed E-state index contributed by atoms with van der Waals surface area (Å²) in [5.74, 6) is 2.03. The van der Waals surface area contributed by atoms with Crippen LogP contribution in [-0.2, 0) is 6.61 Å². The van der Waals surface area contributed by atoms with Crippen LogP contribution in [0.4, 0.5) is 5.69 Å². The van der Waals surface area contributed by atoms with Crippen molar-refractivity contribution < 1.29 is 14.6 Å². The molecule has 5 nitrogen and oxygen atoms in total. The first-order valence-corrected chi connectivity index (χ1v) is 10.8. The van der Waals surface area contributed by atoms with E-state index < -0.39 is 0 Å². The van der Waals surface area contributed by atoms with E-state index in [4.69, 9.17) is 21.1 Å². The monoisotopic (exact) mass is 440 g/mol. The Morgan fingerprint density at radius 1 is 1.32 bits per heavy atom. The molecule has 0 amide bonds. The van der Waals surface area contributed by atoms with E-state index in [1.54, 1.807) is 30.5 Å². The Morgan fingerprint density at radius 3 is 2.77 bits per heavy atom. The number of pyridine rings is 1. The third-order valence-electron chi connectivity index (χ3n) is 5.25. The molecule has 1 aliphatic heterocycles. The summed E-state index contributed by atoms with van der Waals surface area (Å²) in [6, 6.07) is 9.29. The number of rotatable bonds is 9. The first-order chi connectivity index (χ1) is 15.0. The van der Waals surface area contributed by atoms with E-state index >= 15 is 0 Å². The molecule has 3 rings (SSSR count). The van der Waals surface area contributed by atoms with Gasteiger partial charge in [-0.05, 0) is 47.9 Å². The number of halogens is 1. The summed E-state index contributed by atoms with van der Waals surface area (Å²) in [7, 11) is 0. The standard InChI is InChI=1S/C25H29ClN2O3/c1-5-21(17(3)4)24(6-2)30-19-9-10-23(18(14-19)16-29)28-13-11-20(15-28)31-25-22(26)8-7-12-27-25/h5-10,12,14,17,20,29H,1-2,11,13,15-16H2,3-4H3/b24-21-/t20-/m0/s1. The van der Waals surface area contributed by atoms with Gasteiger partial charge in [0.25, 0.3) is 0 Å². The SMILES string of the molecule is C=C/C(Oc1ccc(N2CC[C@H](Oc3ncccc3Cl)C2)c(CO)c1)=C(\C=C)C(C)C. The number of ether oxygens (including phenoxy) is 2. The molecular formula is C25H29ClN2O3. The van der Waals surface area contributed by atoms with Crippen molar-refractivity contribution in [3.8, 4) is 11.6 Å². The molecule has 6 heteroatoms. The van der Waals surface area contributed by atoms with Gasteiger partial charge in [-0.15, -0.1) is 0 Å². The van der Waals surface area contributed by atoms with Crippen molar-refractivity contribution in [3.63, 3.8) is 0 Å². The van der Waals surface area contributed by atoms with Crippen LogP contribution in [0.1, 0.15) is 25.8 Å². The number of aliphatic hydroxyl groups excluding tert-OH is 1. The fourth-order valence-corrected chi connectivity index (χ4v) is 3.85. The van der Waals surface area contributed by atoms with Crippen LogP contribution < -0.4 is 14.4 Å². The van der Waals surface area contributed by atoms with E-state index in [0.717, 1.165) is 29.8 Å². The number of allylic oxidation sites excluding steroid dienone is 3. The van der Waals surface area contributed by atoms with Gasteiger partial charge in [0.15, 0.2) is 0 Å². The second kappa shape index (κ2) is 10.5. The van der Waals surface area contributed by atoms with Crippen LogP contribution >= 0.6 is 11.6 Å². The van der Waals surface area contributed by atoms with Gasteiger partial charge >= 0.3 is 0 Å². The zero-order chi connectivity index (χ0) is 22.4. The van der Waals surface area contributed by atoms with Crippen LogP contribution in [-0.4, -0.2) is 29.3 Å². The van der Waals surface area contributed by atoms with Crippen LogP contribution in [0, 0.1) is 5.92 Å². The van der Waals surface area contributed by atoms with E-state index in [9.17, 15) is 5.11 Å². The van der Waals surface area contributed by atoms with Crippen LogP contribution in [0.5, 0.6) is 11.6 Å². The molecule has 0 aliphatic carbocycles. The minimum Gasteiger partial charge on any atom is -0.471 e. The number of aromatic nitrogens is 1. The number of aliphatic hydroxyl groups is 1. The van der Waals surface area contributed by atoms with Crippen molar-refractivity contribution in [1.29, 1.82) is 0 Å². The van der Waals surface area contributed by atoms with Gasteiger partial charge in [-0.3, -0.25) is 0 Å². The summed E-state index contributed by atoms with van der Waals surface area (Å²) in [6.45, 7) is 13.3. The van der Waals surface area contributed by atoms with Crippen molar-refractivity contribution in [2.45, 2.75) is 33.0 Å². The molecule has 0 saturated carbocycles. The summed E-state index contributed by atoms with van der Waals surface area (Å²) in [5, 5.41) is 10.5. The van der Waals surface area contributed by atoms with Crippen molar-refractivity contribution in [2.24, 2.45) is 5.92 Å². The van der Waals surface area contributed by atoms with Crippen molar-refractivity contribution in [3.05, 3.63) is 83.8 Å². The van der Waals surface area contributed by atoms with E-state index in [1.807, 2.05) is 18.2 Å². The molecule has 2 aromatic rings. The van der Waals surface area contributed by atoms with E-state index in [-0.39, 0.29) is 18.6 Å². The third kappa shape index (κ3) is 5.49. The highest BCUT2D eigenvalue weighted by molar-refractivity contribution is 6.31. The van der Waals surface area contributed by atoms with Gasteiger partial charge in [0.1, 0.15) is 22.6 Å². The second-order valence-electron chi connectivity index (χ2n) is 7.70. The minimum absolute atomic E-state index is 0.0219. The highest BCUT2D eigenvalue weighted by atomic mass is 35.5. The number of hydrogen-bond donors (Lipinski definition) is 1.